The lowest BCUT2D eigenvalue weighted by molar-refractivity contribution is 0.0917. The minimum absolute atomic E-state index is 0.0128. The van der Waals surface area contributed by atoms with E-state index in [1.165, 1.54) is 24.8 Å². The summed E-state index contributed by atoms with van der Waals surface area (Å²) in [5, 5.41) is 6.33. The van der Waals surface area contributed by atoms with Crippen LogP contribution in [0.25, 0.3) is 0 Å². The maximum atomic E-state index is 12.5. The molecule has 1 aromatic rings. The Labute approximate surface area is 169 Å². The van der Waals surface area contributed by atoms with Gasteiger partial charge in [-0.05, 0) is 55.7 Å². The zero-order valence-electron chi connectivity index (χ0n) is 17.4. The van der Waals surface area contributed by atoms with Gasteiger partial charge in [-0.1, -0.05) is 45.2 Å². The van der Waals surface area contributed by atoms with Crippen molar-refractivity contribution in [1.29, 1.82) is 0 Å². The Balaban J connectivity index is 1.42. The Hall–Kier alpha value is -2.04. The van der Waals surface area contributed by atoms with Crippen molar-refractivity contribution in [2.45, 2.75) is 77.3 Å². The van der Waals surface area contributed by atoms with Crippen LogP contribution in [0.2, 0.25) is 0 Å². The molecule has 2 aliphatic rings. The first-order valence-electron chi connectivity index (χ1n) is 11.0. The number of benzene rings is 1. The summed E-state index contributed by atoms with van der Waals surface area (Å²) in [6.07, 6.45) is 8.60. The summed E-state index contributed by atoms with van der Waals surface area (Å²) in [5.74, 6) is 0.598. The molecule has 2 N–H and O–H groups in total. The van der Waals surface area contributed by atoms with Crippen molar-refractivity contribution < 1.29 is 9.59 Å². The minimum Gasteiger partial charge on any atom is -0.349 e. The molecule has 3 amide bonds. The number of hydrogen-bond acceptors (Lipinski definition) is 2. The van der Waals surface area contributed by atoms with Crippen LogP contribution in [-0.4, -0.2) is 42.0 Å². The van der Waals surface area contributed by atoms with Gasteiger partial charge in [-0.25, -0.2) is 4.79 Å². The van der Waals surface area contributed by atoms with Gasteiger partial charge < -0.3 is 15.5 Å². The molecular formula is C23H35N3O2. The lowest BCUT2D eigenvalue weighted by atomic mass is 9.95. The van der Waals surface area contributed by atoms with Crippen LogP contribution in [0.15, 0.2) is 24.3 Å². The van der Waals surface area contributed by atoms with Gasteiger partial charge in [0.15, 0.2) is 0 Å². The maximum Gasteiger partial charge on any atom is 0.317 e. The third-order valence-corrected chi connectivity index (χ3v) is 5.91. The van der Waals surface area contributed by atoms with Crippen LogP contribution in [-0.2, 0) is 6.42 Å². The topological polar surface area (TPSA) is 61.4 Å². The maximum absolute atomic E-state index is 12.5. The van der Waals surface area contributed by atoms with Crippen LogP contribution in [0.3, 0.4) is 0 Å². The molecule has 0 unspecified atom stereocenters. The second kappa shape index (κ2) is 9.94. The summed E-state index contributed by atoms with van der Waals surface area (Å²) < 4.78 is 0. The van der Waals surface area contributed by atoms with Crippen molar-refractivity contribution >= 4 is 11.9 Å². The summed E-state index contributed by atoms with van der Waals surface area (Å²) in [5.41, 5.74) is 1.98. The minimum atomic E-state index is -0.0128. The van der Waals surface area contributed by atoms with Crippen LogP contribution < -0.4 is 10.6 Å². The van der Waals surface area contributed by atoms with E-state index in [4.69, 9.17) is 0 Å². The Morgan fingerprint density at radius 1 is 0.929 bits per heavy atom. The number of nitrogens with zero attached hydrogens (tertiary/aromatic N) is 1. The number of hydrogen-bond donors (Lipinski definition) is 2. The molecule has 5 nitrogen and oxygen atoms in total. The molecule has 0 radical (unpaired) electrons. The van der Waals surface area contributed by atoms with E-state index < -0.39 is 0 Å². The number of carbonyl (C=O) groups is 2. The number of carbonyl (C=O) groups excluding carboxylic acids is 2. The zero-order chi connectivity index (χ0) is 19.9. The van der Waals surface area contributed by atoms with Gasteiger partial charge in [0.1, 0.15) is 0 Å². The zero-order valence-corrected chi connectivity index (χ0v) is 17.4. The second-order valence-electron chi connectivity index (χ2n) is 8.81. The molecule has 1 aliphatic heterocycles. The summed E-state index contributed by atoms with van der Waals surface area (Å²) >= 11 is 0. The Kier molecular flexibility index (Phi) is 7.35. The summed E-state index contributed by atoms with van der Waals surface area (Å²) in [6.45, 7) is 5.80. The third-order valence-electron chi connectivity index (χ3n) is 5.91. The highest BCUT2D eigenvalue weighted by Crippen LogP contribution is 2.18. The van der Waals surface area contributed by atoms with Crippen LogP contribution in [0.4, 0.5) is 4.79 Å². The van der Waals surface area contributed by atoms with Gasteiger partial charge in [-0.15, -0.1) is 0 Å². The molecule has 3 rings (SSSR count). The second-order valence-corrected chi connectivity index (χ2v) is 8.81. The highest BCUT2D eigenvalue weighted by atomic mass is 16.2. The molecule has 154 valence electrons. The molecule has 0 spiro atoms. The lowest BCUT2D eigenvalue weighted by Gasteiger charge is -2.34. The van der Waals surface area contributed by atoms with Crippen molar-refractivity contribution in [2.24, 2.45) is 5.92 Å². The van der Waals surface area contributed by atoms with Crippen molar-refractivity contribution in [2.75, 3.05) is 13.1 Å². The number of urea groups is 1. The summed E-state index contributed by atoms with van der Waals surface area (Å²) in [4.78, 5) is 26.9. The lowest BCUT2D eigenvalue weighted by Crippen LogP contribution is -2.51. The fourth-order valence-electron chi connectivity index (χ4n) is 4.27. The number of piperidine rings is 1. The van der Waals surface area contributed by atoms with E-state index in [-0.39, 0.29) is 18.0 Å². The molecule has 1 saturated heterocycles. The monoisotopic (exact) mass is 385 g/mol. The van der Waals surface area contributed by atoms with Crippen molar-refractivity contribution in [3.8, 4) is 0 Å². The smallest absolute Gasteiger partial charge is 0.317 e. The van der Waals surface area contributed by atoms with E-state index in [2.05, 4.69) is 24.5 Å². The van der Waals surface area contributed by atoms with E-state index in [0.29, 0.717) is 30.6 Å². The first-order valence-corrected chi connectivity index (χ1v) is 11.0. The molecule has 1 saturated carbocycles. The van der Waals surface area contributed by atoms with Crippen LogP contribution in [0.1, 0.15) is 74.7 Å². The molecule has 1 heterocycles. The van der Waals surface area contributed by atoms with Crippen molar-refractivity contribution in [1.82, 2.24) is 15.5 Å². The van der Waals surface area contributed by atoms with Gasteiger partial charge in [0.25, 0.3) is 5.91 Å². The molecule has 0 aromatic heterocycles. The third kappa shape index (κ3) is 5.98. The molecule has 5 heteroatoms. The van der Waals surface area contributed by atoms with Crippen LogP contribution >= 0.6 is 0 Å². The molecule has 0 atom stereocenters. The fraction of sp³-hybridized carbons (Fsp3) is 0.652. The average Bonchev–Trinajstić information content (AvgIpc) is 2.69. The molecule has 2 fully saturated rings. The normalized spacial score (nSPS) is 18.9. The molecule has 28 heavy (non-hydrogen) atoms. The Bertz CT molecular complexity index is 642. The largest absolute Gasteiger partial charge is 0.349 e. The van der Waals surface area contributed by atoms with Gasteiger partial charge in [-0.3, -0.25) is 4.79 Å². The SMILES string of the molecule is CC(C)Cc1ccc(C(=O)NC2CCN(C(=O)NC3CCCCC3)CC2)cc1. The highest BCUT2D eigenvalue weighted by molar-refractivity contribution is 5.94. The van der Waals surface area contributed by atoms with E-state index in [1.54, 1.807) is 0 Å². The number of amides is 3. The standard InChI is InChI=1S/C23H35N3O2/c1-17(2)16-18-8-10-19(11-9-18)22(27)24-21-12-14-26(15-13-21)23(28)25-20-6-4-3-5-7-20/h8-11,17,20-21H,3-7,12-16H2,1-2H3,(H,24,27)(H,25,28). The van der Waals surface area contributed by atoms with E-state index >= 15 is 0 Å². The number of rotatable bonds is 5. The van der Waals surface area contributed by atoms with Crippen LogP contribution in [0, 0.1) is 5.92 Å². The van der Waals surface area contributed by atoms with Crippen LogP contribution in [0.5, 0.6) is 0 Å². The summed E-state index contributed by atoms with van der Waals surface area (Å²) in [7, 11) is 0. The van der Waals surface area contributed by atoms with Gasteiger partial charge in [0.2, 0.25) is 0 Å². The fourth-order valence-corrected chi connectivity index (χ4v) is 4.27. The van der Waals surface area contributed by atoms with Gasteiger partial charge >= 0.3 is 6.03 Å². The number of nitrogens with one attached hydrogen (secondary N) is 2. The first kappa shape index (κ1) is 20.7. The van der Waals surface area contributed by atoms with Gasteiger partial charge in [0, 0.05) is 30.7 Å². The van der Waals surface area contributed by atoms with Gasteiger partial charge in [-0.2, -0.15) is 0 Å². The summed E-state index contributed by atoms with van der Waals surface area (Å²) in [6, 6.07) is 8.48. The molecular weight excluding hydrogens is 350 g/mol. The number of likely N-dealkylation sites (tertiary alicyclic amines) is 1. The average molecular weight is 386 g/mol. The quantitative estimate of drug-likeness (QED) is 0.801. The van der Waals surface area contributed by atoms with E-state index in [9.17, 15) is 9.59 Å². The predicted octanol–water partition coefficient (Wildman–Crippen LogP) is 4.12. The van der Waals surface area contributed by atoms with Gasteiger partial charge in [0.05, 0.1) is 0 Å². The van der Waals surface area contributed by atoms with E-state index in [1.807, 2.05) is 29.2 Å². The van der Waals surface area contributed by atoms with Crippen molar-refractivity contribution in [3.63, 3.8) is 0 Å². The predicted molar refractivity (Wildman–Crippen MR) is 112 cm³/mol. The Morgan fingerprint density at radius 2 is 1.54 bits per heavy atom. The molecule has 1 aliphatic carbocycles. The molecule has 0 bridgehead atoms. The molecule has 1 aromatic carbocycles. The first-order chi connectivity index (χ1) is 13.5. The van der Waals surface area contributed by atoms with Crippen molar-refractivity contribution in [3.05, 3.63) is 35.4 Å². The highest BCUT2D eigenvalue weighted by Gasteiger charge is 2.26. The Morgan fingerprint density at radius 3 is 2.14 bits per heavy atom. The van der Waals surface area contributed by atoms with E-state index in [0.717, 1.165) is 32.1 Å².